The van der Waals surface area contributed by atoms with Crippen LogP contribution in [0, 0.1) is 5.92 Å². The summed E-state index contributed by atoms with van der Waals surface area (Å²) in [4.78, 5) is 2.55. The molecule has 0 spiro atoms. The number of unbranched alkanes of at least 4 members (excludes halogenated alkanes) is 1. The molecule has 0 aromatic heterocycles. The average molecular weight is 241 g/mol. The molecule has 3 heteroatoms. The zero-order chi connectivity index (χ0) is 12.3. The van der Waals surface area contributed by atoms with Gasteiger partial charge in [-0.3, -0.25) is 4.90 Å². The Morgan fingerprint density at radius 3 is 2.65 bits per heavy atom. The summed E-state index contributed by atoms with van der Waals surface area (Å²) in [6, 6.07) is 0. The molecular formula is C14H31N3. The summed E-state index contributed by atoms with van der Waals surface area (Å²) in [6.45, 7) is 12.9. The van der Waals surface area contributed by atoms with E-state index in [1.807, 2.05) is 0 Å². The molecule has 102 valence electrons. The van der Waals surface area contributed by atoms with E-state index in [9.17, 15) is 0 Å². The molecule has 1 aliphatic rings. The highest BCUT2D eigenvalue weighted by Crippen LogP contribution is 2.10. The lowest BCUT2D eigenvalue weighted by atomic mass is 9.99. The van der Waals surface area contributed by atoms with Gasteiger partial charge in [0.1, 0.15) is 0 Å². The zero-order valence-electron chi connectivity index (χ0n) is 11.8. The number of rotatable bonds is 9. The Morgan fingerprint density at radius 2 is 2.00 bits per heavy atom. The molecule has 0 amide bonds. The van der Waals surface area contributed by atoms with Gasteiger partial charge in [-0.15, -0.1) is 0 Å². The summed E-state index contributed by atoms with van der Waals surface area (Å²) in [5, 5.41) is 7.02. The Hall–Kier alpha value is -0.120. The molecule has 1 heterocycles. The third-order valence-electron chi connectivity index (χ3n) is 3.79. The fourth-order valence-corrected chi connectivity index (χ4v) is 2.42. The molecule has 1 rings (SSSR count). The minimum Gasteiger partial charge on any atom is -0.315 e. The van der Waals surface area contributed by atoms with Crippen LogP contribution >= 0.6 is 0 Å². The number of nitrogens with one attached hydrogen (secondary N) is 2. The van der Waals surface area contributed by atoms with Crippen LogP contribution in [-0.2, 0) is 0 Å². The first-order valence-corrected chi connectivity index (χ1v) is 7.50. The minimum absolute atomic E-state index is 0.887. The quantitative estimate of drug-likeness (QED) is 0.602. The van der Waals surface area contributed by atoms with E-state index in [0.717, 1.165) is 25.6 Å². The summed E-state index contributed by atoms with van der Waals surface area (Å²) in [5.41, 5.74) is 0. The van der Waals surface area contributed by atoms with Crippen molar-refractivity contribution < 1.29 is 0 Å². The van der Waals surface area contributed by atoms with Gasteiger partial charge < -0.3 is 10.6 Å². The number of piperazine rings is 1. The van der Waals surface area contributed by atoms with E-state index < -0.39 is 0 Å². The van der Waals surface area contributed by atoms with Crippen molar-refractivity contribution in [2.45, 2.75) is 39.5 Å². The normalized spacial score (nSPS) is 19.4. The van der Waals surface area contributed by atoms with Crippen molar-refractivity contribution in [1.82, 2.24) is 15.5 Å². The molecule has 1 aliphatic heterocycles. The van der Waals surface area contributed by atoms with E-state index in [2.05, 4.69) is 29.4 Å². The Balaban J connectivity index is 1.97. The molecule has 1 saturated heterocycles. The van der Waals surface area contributed by atoms with E-state index in [0.29, 0.717) is 0 Å². The van der Waals surface area contributed by atoms with Gasteiger partial charge in [0.15, 0.2) is 0 Å². The molecule has 0 bridgehead atoms. The van der Waals surface area contributed by atoms with E-state index in [1.54, 1.807) is 0 Å². The zero-order valence-corrected chi connectivity index (χ0v) is 11.8. The van der Waals surface area contributed by atoms with Crippen molar-refractivity contribution in [2.24, 2.45) is 5.92 Å². The van der Waals surface area contributed by atoms with Crippen molar-refractivity contribution in [1.29, 1.82) is 0 Å². The first-order chi connectivity index (χ1) is 8.36. The van der Waals surface area contributed by atoms with Crippen molar-refractivity contribution >= 4 is 0 Å². The molecule has 1 fully saturated rings. The molecule has 1 unspecified atom stereocenters. The Kier molecular flexibility index (Phi) is 8.67. The van der Waals surface area contributed by atoms with Crippen molar-refractivity contribution in [3.8, 4) is 0 Å². The predicted octanol–water partition coefficient (Wildman–Crippen LogP) is 1.70. The van der Waals surface area contributed by atoms with Gasteiger partial charge in [0.05, 0.1) is 0 Å². The maximum Gasteiger partial charge on any atom is 0.0108 e. The van der Waals surface area contributed by atoms with Crippen LogP contribution in [0.1, 0.15) is 39.5 Å². The predicted molar refractivity (Wildman–Crippen MR) is 75.5 cm³/mol. The Bertz CT molecular complexity index is 167. The monoisotopic (exact) mass is 241 g/mol. The van der Waals surface area contributed by atoms with Gasteiger partial charge in [-0.1, -0.05) is 33.1 Å². The highest BCUT2D eigenvalue weighted by atomic mass is 15.2. The molecule has 2 N–H and O–H groups in total. The van der Waals surface area contributed by atoms with Crippen LogP contribution in [0.15, 0.2) is 0 Å². The maximum absolute atomic E-state index is 3.63. The number of nitrogens with zero attached hydrogens (tertiary/aromatic N) is 1. The molecule has 1 atom stereocenters. The number of hydrogen-bond donors (Lipinski definition) is 2. The lowest BCUT2D eigenvalue weighted by Crippen LogP contribution is -2.46. The van der Waals surface area contributed by atoms with E-state index in [-0.39, 0.29) is 0 Å². The van der Waals surface area contributed by atoms with E-state index in [1.165, 1.54) is 51.9 Å². The second-order valence-electron chi connectivity index (χ2n) is 5.21. The van der Waals surface area contributed by atoms with Crippen LogP contribution in [0.5, 0.6) is 0 Å². The van der Waals surface area contributed by atoms with Crippen molar-refractivity contribution in [3.05, 3.63) is 0 Å². The smallest absolute Gasteiger partial charge is 0.0108 e. The Labute approximate surface area is 107 Å². The molecule has 0 aromatic carbocycles. The number of hydrogen-bond acceptors (Lipinski definition) is 3. The molecule has 3 nitrogen and oxygen atoms in total. The second-order valence-corrected chi connectivity index (χ2v) is 5.21. The highest BCUT2D eigenvalue weighted by Gasteiger charge is 2.09. The van der Waals surface area contributed by atoms with Crippen molar-refractivity contribution in [2.75, 3.05) is 45.8 Å². The second kappa shape index (κ2) is 9.86. The maximum atomic E-state index is 3.63. The van der Waals surface area contributed by atoms with Crippen LogP contribution in [0.2, 0.25) is 0 Å². The minimum atomic E-state index is 0.887. The third-order valence-corrected chi connectivity index (χ3v) is 3.79. The van der Waals surface area contributed by atoms with Crippen molar-refractivity contribution in [3.63, 3.8) is 0 Å². The molecular weight excluding hydrogens is 210 g/mol. The molecule has 0 saturated carbocycles. The van der Waals surface area contributed by atoms with E-state index in [4.69, 9.17) is 0 Å². The van der Waals surface area contributed by atoms with Crippen LogP contribution < -0.4 is 10.6 Å². The molecule has 0 radical (unpaired) electrons. The fourth-order valence-electron chi connectivity index (χ4n) is 2.42. The molecule has 17 heavy (non-hydrogen) atoms. The average Bonchev–Trinajstić information content (AvgIpc) is 2.39. The highest BCUT2D eigenvalue weighted by molar-refractivity contribution is 4.69. The summed E-state index contributed by atoms with van der Waals surface area (Å²) in [5.74, 6) is 0.887. The van der Waals surface area contributed by atoms with Gasteiger partial charge in [-0.25, -0.2) is 0 Å². The fraction of sp³-hybridized carbons (Fsp3) is 1.00. The summed E-state index contributed by atoms with van der Waals surface area (Å²) >= 11 is 0. The lowest BCUT2D eigenvalue weighted by Gasteiger charge is -2.27. The Morgan fingerprint density at radius 1 is 1.24 bits per heavy atom. The van der Waals surface area contributed by atoms with Gasteiger partial charge in [-0.2, -0.15) is 0 Å². The van der Waals surface area contributed by atoms with Gasteiger partial charge in [0.2, 0.25) is 0 Å². The topological polar surface area (TPSA) is 27.3 Å². The summed E-state index contributed by atoms with van der Waals surface area (Å²) < 4.78 is 0. The first kappa shape index (κ1) is 14.9. The van der Waals surface area contributed by atoms with Gasteiger partial charge >= 0.3 is 0 Å². The van der Waals surface area contributed by atoms with E-state index >= 15 is 0 Å². The molecule has 0 aliphatic carbocycles. The SMILES string of the molecule is CCCCC(CC)CNCCN1CCNCC1. The van der Waals surface area contributed by atoms with Gasteiger partial charge in [0.25, 0.3) is 0 Å². The van der Waals surface area contributed by atoms with Crippen LogP contribution in [-0.4, -0.2) is 50.7 Å². The summed E-state index contributed by atoms with van der Waals surface area (Å²) in [7, 11) is 0. The van der Waals surface area contributed by atoms with Crippen LogP contribution in [0.3, 0.4) is 0 Å². The van der Waals surface area contributed by atoms with Gasteiger partial charge in [-0.05, 0) is 18.9 Å². The first-order valence-electron chi connectivity index (χ1n) is 7.50. The summed E-state index contributed by atoms with van der Waals surface area (Å²) in [6.07, 6.45) is 5.43. The van der Waals surface area contributed by atoms with Crippen LogP contribution in [0.25, 0.3) is 0 Å². The third kappa shape index (κ3) is 7.02. The molecule has 0 aromatic rings. The lowest BCUT2D eigenvalue weighted by molar-refractivity contribution is 0.239. The largest absolute Gasteiger partial charge is 0.315 e. The van der Waals surface area contributed by atoms with Crippen LogP contribution in [0.4, 0.5) is 0 Å². The standard InChI is InChI=1S/C14H31N3/c1-3-5-6-14(4-2)13-16-9-12-17-10-7-15-8-11-17/h14-16H,3-13H2,1-2H3. The van der Waals surface area contributed by atoms with Gasteiger partial charge in [0, 0.05) is 39.3 Å².